The number of rotatable bonds is 3. The number of amides is 1. The predicted molar refractivity (Wildman–Crippen MR) is 117 cm³/mol. The van der Waals surface area contributed by atoms with Crippen molar-refractivity contribution in [1.29, 1.82) is 0 Å². The van der Waals surface area contributed by atoms with Crippen LogP contribution in [0, 0.1) is 13.8 Å². The van der Waals surface area contributed by atoms with Crippen LogP contribution >= 0.6 is 0 Å². The maximum atomic E-state index is 13.2. The fourth-order valence-corrected chi connectivity index (χ4v) is 3.49. The molecule has 0 atom stereocenters. The lowest BCUT2D eigenvalue weighted by Crippen LogP contribution is -2.13. The molecule has 3 heterocycles. The molecule has 0 unspecified atom stereocenters. The van der Waals surface area contributed by atoms with Crippen molar-refractivity contribution in [1.82, 2.24) is 10.1 Å². The Bertz CT molecular complexity index is 1510. The monoisotopic (exact) mass is 411 g/mol. The van der Waals surface area contributed by atoms with Crippen molar-refractivity contribution in [3.05, 3.63) is 87.9 Å². The van der Waals surface area contributed by atoms with Gasteiger partial charge in [-0.2, -0.15) is 0 Å². The largest absolute Gasteiger partial charge is 0.423 e. The molecule has 0 aliphatic heterocycles. The summed E-state index contributed by atoms with van der Waals surface area (Å²) in [5, 5.41) is 8.17. The van der Waals surface area contributed by atoms with Crippen LogP contribution in [0.2, 0.25) is 0 Å². The SMILES string of the molecule is Cc1ccc(-c2cc(C(=O)Nc3ccc4oc(=O)ccc4c3)c3c(C)noc3n2)cc1. The predicted octanol–water partition coefficient (Wildman–Crippen LogP) is 4.87. The lowest BCUT2D eigenvalue weighted by molar-refractivity contribution is 0.102. The fraction of sp³-hybridized carbons (Fsp3) is 0.0833. The van der Waals surface area contributed by atoms with Gasteiger partial charge in [-0.25, -0.2) is 9.78 Å². The number of pyridine rings is 1. The van der Waals surface area contributed by atoms with Crippen LogP contribution in [0.4, 0.5) is 5.69 Å². The zero-order valence-electron chi connectivity index (χ0n) is 16.8. The van der Waals surface area contributed by atoms with E-state index >= 15 is 0 Å². The zero-order chi connectivity index (χ0) is 21.5. The highest BCUT2D eigenvalue weighted by Crippen LogP contribution is 2.28. The summed E-state index contributed by atoms with van der Waals surface area (Å²) >= 11 is 0. The topological polar surface area (TPSA) is 98.2 Å². The highest BCUT2D eigenvalue weighted by atomic mass is 16.5. The van der Waals surface area contributed by atoms with Gasteiger partial charge >= 0.3 is 5.63 Å². The zero-order valence-corrected chi connectivity index (χ0v) is 16.8. The van der Waals surface area contributed by atoms with Crippen LogP contribution in [0.5, 0.6) is 0 Å². The lowest BCUT2D eigenvalue weighted by atomic mass is 10.0. The Hall–Kier alpha value is -4.26. The van der Waals surface area contributed by atoms with Crippen molar-refractivity contribution in [3.63, 3.8) is 0 Å². The van der Waals surface area contributed by atoms with E-state index in [2.05, 4.69) is 15.5 Å². The van der Waals surface area contributed by atoms with E-state index in [-0.39, 0.29) is 5.91 Å². The van der Waals surface area contributed by atoms with Crippen LogP contribution in [0.3, 0.4) is 0 Å². The van der Waals surface area contributed by atoms with Gasteiger partial charge in [0.2, 0.25) is 0 Å². The molecule has 5 rings (SSSR count). The first kappa shape index (κ1) is 18.7. The number of benzene rings is 2. The van der Waals surface area contributed by atoms with E-state index in [1.807, 2.05) is 31.2 Å². The second kappa shape index (κ2) is 7.21. The fourth-order valence-electron chi connectivity index (χ4n) is 3.49. The number of carbonyl (C=O) groups is 1. The summed E-state index contributed by atoms with van der Waals surface area (Å²) in [6.07, 6.45) is 0. The van der Waals surface area contributed by atoms with E-state index in [0.29, 0.717) is 44.7 Å². The van der Waals surface area contributed by atoms with Gasteiger partial charge in [0.25, 0.3) is 11.6 Å². The molecule has 3 aromatic heterocycles. The molecular weight excluding hydrogens is 394 g/mol. The van der Waals surface area contributed by atoms with E-state index in [0.717, 1.165) is 11.1 Å². The van der Waals surface area contributed by atoms with E-state index < -0.39 is 5.63 Å². The van der Waals surface area contributed by atoms with Crippen molar-refractivity contribution in [2.24, 2.45) is 0 Å². The number of nitrogens with zero attached hydrogens (tertiary/aromatic N) is 2. The Morgan fingerprint density at radius 2 is 1.77 bits per heavy atom. The number of nitrogens with one attached hydrogen (secondary N) is 1. The van der Waals surface area contributed by atoms with Gasteiger partial charge in [0.1, 0.15) is 5.58 Å². The molecule has 31 heavy (non-hydrogen) atoms. The number of aromatic nitrogens is 2. The van der Waals surface area contributed by atoms with Gasteiger partial charge in [-0.3, -0.25) is 4.79 Å². The molecule has 0 spiro atoms. The van der Waals surface area contributed by atoms with Gasteiger partial charge in [-0.15, -0.1) is 0 Å². The molecule has 0 saturated carbocycles. The Labute approximate surface area is 176 Å². The maximum absolute atomic E-state index is 13.2. The van der Waals surface area contributed by atoms with Gasteiger partial charge in [-0.05, 0) is 44.2 Å². The van der Waals surface area contributed by atoms with Crippen LogP contribution in [0.15, 0.2) is 74.4 Å². The normalized spacial score (nSPS) is 11.2. The molecule has 7 nitrogen and oxygen atoms in total. The molecule has 0 saturated heterocycles. The summed E-state index contributed by atoms with van der Waals surface area (Å²) in [7, 11) is 0. The standard InChI is InChI=1S/C24H17N3O4/c1-13-3-5-15(6-4-13)19-12-18(22-14(2)27-31-24(22)26-19)23(29)25-17-8-9-20-16(11-17)7-10-21(28)30-20/h3-12H,1-2H3,(H,25,29). The van der Waals surface area contributed by atoms with Crippen LogP contribution in [-0.4, -0.2) is 16.0 Å². The quantitative estimate of drug-likeness (QED) is 0.426. The summed E-state index contributed by atoms with van der Waals surface area (Å²) < 4.78 is 10.5. The Kier molecular flexibility index (Phi) is 4.36. The summed E-state index contributed by atoms with van der Waals surface area (Å²) in [5.41, 5.74) is 4.53. The minimum atomic E-state index is -0.421. The summed E-state index contributed by atoms with van der Waals surface area (Å²) in [4.78, 5) is 29.1. The number of anilines is 1. The van der Waals surface area contributed by atoms with Crippen molar-refractivity contribution in [2.75, 3.05) is 5.32 Å². The smallest absolute Gasteiger partial charge is 0.336 e. The molecule has 0 fully saturated rings. The van der Waals surface area contributed by atoms with E-state index in [4.69, 9.17) is 8.94 Å². The highest BCUT2D eigenvalue weighted by Gasteiger charge is 2.19. The number of hydrogen-bond donors (Lipinski definition) is 1. The number of fused-ring (bicyclic) bond motifs is 2. The van der Waals surface area contributed by atoms with Gasteiger partial charge in [0, 0.05) is 22.7 Å². The van der Waals surface area contributed by atoms with Crippen LogP contribution in [-0.2, 0) is 0 Å². The molecule has 152 valence electrons. The van der Waals surface area contributed by atoms with Crippen LogP contribution in [0.1, 0.15) is 21.6 Å². The van der Waals surface area contributed by atoms with Gasteiger partial charge < -0.3 is 14.3 Å². The van der Waals surface area contributed by atoms with E-state index in [1.54, 1.807) is 37.3 Å². The minimum Gasteiger partial charge on any atom is -0.423 e. The molecular formula is C24H17N3O4. The Morgan fingerprint density at radius 3 is 2.58 bits per heavy atom. The van der Waals surface area contributed by atoms with Crippen molar-refractivity contribution < 1.29 is 13.7 Å². The van der Waals surface area contributed by atoms with Crippen LogP contribution in [0.25, 0.3) is 33.3 Å². The molecule has 0 radical (unpaired) electrons. The molecule has 1 N–H and O–H groups in total. The summed E-state index contributed by atoms with van der Waals surface area (Å²) in [6.45, 7) is 3.78. The number of aryl methyl sites for hydroxylation is 2. The summed E-state index contributed by atoms with van der Waals surface area (Å²) in [6, 6.07) is 17.7. The third kappa shape index (κ3) is 3.46. The van der Waals surface area contributed by atoms with Gasteiger partial charge in [0.15, 0.2) is 0 Å². The molecule has 1 amide bonds. The number of hydrogen-bond acceptors (Lipinski definition) is 6. The average Bonchev–Trinajstić information content (AvgIpc) is 3.14. The lowest BCUT2D eigenvalue weighted by Gasteiger charge is -2.09. The molecule has 2 aromatic carbocycles. The van der Waals surface area contributed by atoms with Crippen molar-refractivity contribution in [2.45, 2.75) is 13.8 Å². The first-order valence-electron chi connectivity index (χ1n) is 9.67. The highest BCUT2D eigenvalue weighted by molar-refractivity contribution is 6.13. The third-order valence-corrected chi connectivity index (χ3v) is 5.09. The maximum Gasteiger partial charge on any atom is 0.336 e. The second-order valence-electron chi connectivity index (χ2n) is 7.33. The Balaban J connectivity index is 1.57. The summed E-state index contributed by atoms with van der Waals surface area (Å²) in [5.74, 6) is -0.316. The number of carbonyl (C=O) groups excluding carboxylic acids is 1. The molecule has 0 aliphatic rings. The van der Waals surface area contributed by atoms with Crippen LogP contribution < -0.4 is 10.9 Å². The van der Waals surface area contributed by atoms with E-state index in [9.17, 15) is 9.59 Å². The molecule has 0 aliphatic carbocycles. The van der Waals surface area contributed by atoms with Crippen molar-refractivity contribution in [3.8, 4) is 11.3 Å². The van der Waals surface area contributed by atoms with Crippen molar-refractivity contribution >= 4 is 33.7 Å². The third-order valence-electron chi connectivity index (χ3n) is 5.09. The minimum absolute atomic E-state index is 0.306. The average molecular weight is 411 g/mol. The first-order chi connectivity index (χ1) is 15.0. The first-order valence-corrected chi connectivity index (χ1v) is 9.67. The molecule has 7 heteroatoms. The Morgan fingerprint density at radius 1 is 0.968 bits per heavy atom. The van der Waals surface area contributed by atoms with Gasteiger partial charge in [-0.1, -0.05) is 35.0 Å². The van der Waals surface area contributed by atoms with E-state index in [1.165, 1.54) is 6.07 Å². The molecule has 0 bridgehead atoms. The molecule has 5 aromatic rings. The second-order valence-corrected chi connectivity index (χ2v) is 7.33. The van der Waals surface area contributed by atoms with Gasteiger partial charge in [0.05, 0.1) is 22.3 Å².